The summed E-state index contributed by atoms with van der Waals surface area (Å²) in [6, 6.07) is 4.58. The Hall–Kier alpha value is -1.75. The van der Waals surface area contributed by atoms with Gasteiger partial charge in [-0.25, -0.2) is 9.37 Å². The predicted octanol–water partition coefficient (Wildman–Crippen LogP) is 1.70. The maximum atomic E-state index is 13.3. The summed E-state index contributed by atoms with van der Waals surface area (Å²) in [4.78, 5) is 4.12. The molecule has 0 saturated heterocycles. The summed E-state index contributed by atoms with van der Waals surface area (Å²) in [7, 11) is 0. The van der Waals surface area contributed by atoms with E-state index in [2.05, 4.69) is 4.98 Å². The van der Waals surface area contributed by atoms with Gasteiger partial charge in [-0.15, -0.1) is 0 Å². The van der Waals surface area contributed by atoms with Crippen molar-refractivity contribution in [3.05, 3.63) is 53.9 Å². The summed E-state index contributed by atoms with van der Waals surface area (Å²) in [5, 5.41) is 0. The third kappa shape index (κ3) is 2.43. The van der Waals surface area contributed by atoms with E-state index in [1.807, 2.05) is 10.8 Å². The molecule has 3 nitrogen and oxygen atoms in total. The highest BCUT2D eigenvalue weighted by atomic mass is 32.1. The summed E-state index contributed by atoms with van der Waals surface area (Å²) in [6.07, 6.45) is 5.16. The third-order valence-electron chi connectivity index (χ3n) is 2.17. The Labute approximate surface area is 97.7 Å². The molecule has 0 saturated carbocycles. The molecule has 0 atom stereocenters. The maximum absolute atomic E-state index is 13.3. The number of halogens is 1. The summed E-state index contributed by atoms with van der Waals surface area (Å²) < 4.78 is 15.1. The third-order valence-corrected chi connectivity index (χ3v) is 2.40. The van der Waals surface area contributed by atoms with Gasteiger partial charge in [0, 0.05) is 24.5 Å². The highest BCUT2D eigenvalue weighted by molar-refractivity contribution is 7.80. The van der Waals surface area contributed by atoms with Gasteiger partial charge in [-0.3, -0.25) is 0 Å². The lowest BCUT2D eigenvalue weighted by molar-refractivity contribution is 0.623. The number of thiocarbonyl (C=S) groups is 1. The fourth-order valence-electron chi connectivity index (χ4n) is 1.48. The molecular formula is C11H10FN3S. The van der Waals surface area contributed by atoms with Gasteiger partial charge in [0.05, 0.1) is 6.33 Å². The first-order chi connectivity index (χ1) is 7.65. The lowest BCUT2D eigenvalue weighted by atomic mass is 10.1. The molecule has 0 aliphatic carbocycles. The molecular weight excluding hydrogens is 225 g/mol. The first kappa shape index (κ1) is 10.8. The molecule has 0 amide bonds. The van der Waals surface area contributed by atoms with Crippen LogP contribution < -0.4 is 5.73 Å². The van der Waals surface area contributed by atoms with Crippen LogP contribution in [0.4, 0.5) is 4.39 Å². The second kappa shape index (κ2) is 4.40. The van der Waals surface area contributed by atoms with Crippen LogP contribution in [0.1, 0.15) is 11.1 Å². The predicted molar refractivity (Wildman–Crippen MR) is 63.6 cm³/mol. The quantitative estimate of drug-likeness (QED) is 0.824. The van der Waals surface area contributed by atoms with Crippen LogP contribution in [0.5, 0.6) is 0 Å². The van der Waals surface area contributed by atoms with Gasteiger partial charge in [0.15, 0.2) is 0 Å². The van der Waals surface area contributed by atoms with Gasteiger partial charge in [-0.1, -0.05) is 12.2 Å². The molecule has 0 bridgehead atoms. The minimum absolute atomic E-state index is 0.200. The van der Waals surface area contributed by atoms with E-state index in [1.54, 1.807) is 18.6 Å². The van der Waals surface area contributed by atoms with Crippen LogP contribution in [0.2, 0.25) is 0 Å². The highest BCUT2D eigenvalue weighted by Gasteiger charge is 2.03. The number of nitrogens with two attached hydrogens (primary N) is 1. The van der Waals surface area contributed by atoms with Crippen molar-refractivity contribution in [3.8, 4) is 0 Å². The fraction of sp³-hybridized carbons (Fsp3) is 0.0909. The lowest BCUT2D eigenvalue weighted by Crippen LogP contribution is -2.10. The van der Waals surface area contributed by atoms with E-state index in [-0.39, 0.29) is 10.8 Å². The number of hydrogen-bond donors (Lipinski definition) is 1. The van der Waals surface area contributed by atoms with E-state index in [9.17, 15) is 4.39 Å². The van der Waals surface area contributed by atoms with Crippen molar-refractivity contribution >= 4 is 17.2 Å². The number of rotatable bonds is 3. The summed E-state index contributed by atoms with van der Waals surface area (Å²) in [6.45, 7) is 0.549. The van der Waals surface area contributed by atoms with Crippen molar-refractivity contribution in [3.63, 3.8) is 0 Å². The zero-order valence-corrected chi connectivity index (χ0v) is 9.25. The van der Waals surface area contributed by atoms with Crippen molar-refractivity contribution in [2.24, 2.45) is 5.73 Å². The van der Waals surface area contributed by atoms with Crippen molar-refractivity contribution in [1.29, 1.82) is 0 Å². The van der Waals surface area contributed by atoms with Crippen LogP contribution in [-0.2, 0) is 6.54 Å². The monoisotopic (exact) mass is 235 g/mol. The molecule has 0 aliphatic heterocycles. The molecule has 0 radical (unpaired) electrons. The SMILES string of the molecule is NC(=S)c1cc(F)cc(Cn2ccnc2)c1. The van der Waals surface area contributed by atoms with Gasteiger partial charge in [0.2, 0.25) is 0 Å². The van der Waals surface area contributed by atoms with Gasteiger partial charge in [-0.05, 0) is 23.8 Å². The molecule has 2 N–H and O–H groups in total. The highest BCUT2D eigenvalue weighted by Crippen LogP contribution is 2.10. The maximum Gasteiger partial charge on any atom is 0.124 e. The molecule has 1 aromatic carbocycles. The number of benzene rings is 1. The average molecular weight is 235 g/mol. The van der Waals surface area contributed by atoms with Gasteiger partial charge in [-0.2, -0.15) is 0 Å². The fourth-order valence-corrected chi connectivity index (χ4v) is 1.59. The molecule has 0 aliphatic rings. The zero-order chi connectivity index (χ0) is 11.5. The van der Waals surface area contributed by atoms with Gasteiger partial charge < -0.3 is 10.3 Å². The number of nitrogens with zero attached hydrogens (tertiary/aromatic N) is 2. The van der Waals surface area contributed by atoms with Crippen molar-refractivity contribution in [2.75, 3.05) is 0 Å². The Bertz CT molecular complexity index is 508. The van der Waals surface area contributed by atoms with Crippen molar-refractivity contribution in [1.82, 2.24) is 9.55 Å². The minimum Gasteiger partial charge on any atom is -0.389 e. The topological polar surface area (TPSA) is 43.8 Å². The van der Waals surface area contributed by atoms with E-state index < -0.39 is 0 Å². The van der Waals surface area contributed by atoms with Crippen LogP contribution in [0.15, 0.2) is 36.9 Å². The lowest BCUT2D eigenvalue weighted by Gasteiger charge is -2.05. The Morgan fingerprint density at radius 3 is 2.88 bits per heavy atom. The summed E-state index contributed by atoms with van der Waals surface area (Å²) in [5.41, 5.74) is 6.82. The van der Waals surface area contributed by atoms with Gasteiger partial charge in [0.25, 0.3) is 0 Å². The Morgan fingerprint density at radius 2 is 2.25 bits per heavy atom. The normalized spacial score (nSPS) is 10.3. The van der Waals surface area contributed by atoms with E-state index in [1.165, 1.54) is 12.1 Å². The Kier molecular flexibility index (Phi) is 2.96. The van der Waals surface area contributed by atoms with E-state index in [4.69, 9.17) is 18.0 Å². The molecule has 5 heteroatoms. The molecule has 0 spiro atoms. The average Bonchev–Trinajstić information content (AvgIpc) is 2.69. The number of hydrogen-bond acceptors (Lipinski definition) is 2. The summed E-state index contributed by atoms with van der Waals surface area (Å²) >= 11 is 4.82. The number of aromatic nitrogens is 2. The first-order valence-electron chi connectivity index (χ1n) is 4.70. The Morgan fingerprint density at radius 1 is 1.44 bits per heavy atom. The molecule has 1 heterocycles. The van der Waals surface area contributed by atoms with Crippen LogP contribution in [0.3, 0.4) is 0 Å². The molecule has 82 valence electrons. The molecule has 2 rings (SSSR count). The standard InChI is InChI=1S/C11H10FN3S/c12-10-4-8(3-9(5-10)11(13)16)6-15-2-1-14-7-15/h1-5,7H,6H2,(H2,13,16). The molecule has 2 aromatic rings. The van der Waals surface area contributed by atoms with Crippen molar-refractivity contribution in [2.45, 2.75) is 6.54 Å². The summed E-state index contributed by atoms with van der Waals surface area (Å²) in [5.74, 6) is -0.333. The molecule has 1 aromatic heterocycles. The van der Waals surface area contributed by atoms with Crippen LogP contribution in [0, 0.1) is 5.82 Å². The molecule has 0 fully saturated rings. The van der Waals surface area contributed by atoms with Gasteiger partial charge >= 0.3 is 0 Å². The molecule has 0 unspecified atom stereocenters. The molecule has 16 heavy (non-hydrogen) atoms. The largest absolute Gasteiger partial charge is 0.389 e. The zero-order valence-electron chi connectivity index (χ0n) is 8.43. The van der Waals surface area contributed by atoms with E-state index >= 15 is 0 Å². The first-order valence-corrected chi connectivity index (χ1v) is 5.11. The Balaban J connectivity index is 2.31. The van der Waals surface area contributed by atoms with Crippen LogP contribution in [-0.4, -0.2) is 14.5 Å². The smallest absolute Gasteiger partial charge is 0.124 e. The number of imidazole rings is 1. The van der Waals surface area contributed by atoms with Crippen LogP contribution in [0.25, 0.3) is 0 Å². The van der Waals surface area contributed by atoms with Gasteiger partial charge in [0.1, 0.15) is 10.8 Å². The van der Waals surface area contributed by atoms with Crippen molar-refractivity contribution < 1.29 is 4.39 Å². The minimum atomic E-state index is -0.333. The second-order valence-corrected chi connectivity index (χ2v) is 3.89. The second-order valence-electron chi connectivity index (χ2n) is 3.45. The van der Waals surface area contributed by atoms with E-state index in [0.717, 1.165) is 5.56 Å². The van der Waals surface area contributed by atoms with Crippen LogP contribution >= 0.6 is 12.2 Å². The van der Waals surface area contributed by atoms with E-state index in [0.29, 0.717) is 12.1 Å².